The Balaban J connectivity index is 4.49. The molecule has 1 atom stereocenters. The van der Waals surface area contributed by atoms with E-state index < -0.39 is 6.10 Å². The number of unbranched alkanes of at least 4 members (excludes halogenated alkanes) is 21. The van der Waals surface area contributed by atoms with Crippen LogP contribution in [0.4, 0.5) is 0 Å². The summed E-state index contributed by atoms with van der Waals surface area (Å²) in [6.07, 6.45) is 58.9. The molecule has 0 aromatic carbocycles. The topological polar surface area (TPSA) is 78.9 Å². The van der Waals surface area contributed by atoms with Crippen molar-refractivity contribution < 1.29 is 28.6 Å². The first-order valence-electron chi connectivity index (χ1n) is 24.5. The zero-order chi connectivity index (χ0) is 43.0. The van der Waals surface area contributed by atoms with Gasteiger partial charge in [0.05, 0.1) is 0 Å². The average molecular weight is 823 g/mol. The second-order valence-electron chi connectivity index (χ2n) is 16.0. The maximum atomic E-state index is 12.7. The molecule has 0 aromatic rings. The predicted molar refractivity (Wildman–Crippen MR) is 251 cm³/mol. The summed E-state index contributed by atoms with van der Waals surface area (Å²) in [7, 11) is 0. The number of allylic oxidation sites excluding steroid dienone is 12. The number of carbonyl (C=O) groups excluding carboxylic acids is 3. The minimum Gasteiger partial charge on any atom is -0.462 e. The SMILES string of the molecule is CC/C=C\C/C=C\C/C=C\CCCCC(=O)OCC(COC(=O)CCCCC/C=C\C=C/CCCCCCCCC)OC(=O)CCCCC/C=C\CCCCCCCC. The van der Waals surface area contributed by atoms with Crippen LogP contribution in [-0.4, -0.2) is 37.2 Å². The number of rotatable bonds is 43. The van der Waals surface area contributed by atoms with E-state index in [0.717, 1.165) is 103 Å². The number of esters is 3. The lowest BCUT2D eigenvalue weighted by molar-refractivity contribution is -0.167. The number of hydrogen-bond acceptors (Lipinski definition) is 6. The summed E-state index contributed by atoms with van der Waals surface area (Å²) in [6, 6.07) is 0. The molecule has 0 aliphatic carbocycles. The van der Waals surface area contributed by atoms with Crippen molar-refractivity contribution in [2.45, 2.75) is 232 Å². The Bertz CT molecular complexity index is 1130. The maximum absolute atomic E-state index is 12.7. The Morgan fingerprint density at radius 2 is 0.712 bits per heavy atom. The summed E-state index contributed by atoms with van der Waals surface area (Å²) in [5.74, 6) is -0.991. The van der Waals surface area contributed by atoms with Crippen LogP contribution in [0.2, 0.25) is 0 Å². The molecule has 0 N–H and O–H groups in total. The Labute approximate surface area is 363 Å². The molecule has 59 heavy (non-hydrogen) atoms. The third-order valence-corrected chi connectivity index (χ3v) is 10.2. The molecule has 6 nitrogen and oxygen atoms in total. The third-order valence-electron chi connectivity index (χ3n) is 10.2. The van der Waals surface area contributed by atoms with Crippen molar-refractivity contribution in [1.82, 2.24) is 0 Å². The first-order chi connectivity index (χ1) is 29.0. The van der Waals surface area contributed by atoms with Crippen molar-refractivity contribution in [3.05, 3.63) is 72.9 Å². The molecule has 0 saturated heterocycles. The fraction of sp³-hybridized carbons (Fsp3) is 0.717. The van der Waals surface area contributed by atoms with Crippen LogP contribution < -0.4 is 0 Å². The highest BCUT2D eigenvalue weighted by atomic mass is 16.6. The summed E-state index contributed by atoms with van der Waals surface area (Å²) >= 11 is 0. The summed E-state index contributed by atoms with van der Waals surface area (Å²) in [6.45, 7) is 6.42. The van der Waals surface area contributed by atoms with Crippen LogP contribution in [0.15, 0.2) is 72.9 Å². The normalized spacial score (nSPS) is 12.7. The molecule has 0 aromatic heterocycles. The van der Waals surface area contributed by atoms with Gasteiger partial charge in [0.1, 0.15) is 13.2 Å². The molecule has 0 aliphatic rings. The van der Waals surface area contributed by atoms with E-state index in [0.29, 0.717) is 19.3 Å². The molecule has 0 radical (unpaired) electrons. The lowest BCUT2D eigenvalue weighted by atomic mass is 10.1. The van der Waals surface area contributed by atoms with Gasteiger partial charge in [-0.2, -0.15) is 0 Å². The standard InChI is InChI=1S/C53H90O6/c1-4-7-10-13-16-19-22-25-26-27-29-31-34-37-40-43-46-52(55)58-49-50(48-57-51(54)45-42-39-36-33-30-24-21-18-15-12-9-6-3)59-53(56)47-44-41-38-35-32-28-23-20-17-14-11-8-5-2/h9,12,18,21,26-33,50H,4-8,10-11,13-17,19-20,22-25,34-49H2,1-3H3/b12-9-,21-18-,27-26-,31-29-,32-28-,33-30-. The predicted octanol–water partition coefficient (Wildman–Crippen LogP) is 15.9. The molecular weight excluding hydrogens is 733 g/mol. The van der Waals surface area contributed by atoms with Gasteiger partial charge >= 0.3 is 17.9 Å². The highest BCUT2D eigenvalue weighted by Crippen LogP contribution is 2.12. The van der Waals surface area contributed by atoms with E-state index in [1.165, 1.54) is 83.5 Å². The van der Waals surface area contributed by atoms with Gasteiger partial charge in [-0.15, -0.1) is 0 Å². The van der Waals surface area contributed by atoms with E-state index >= 15 is 0 Å². The number of ether oxygens (including phenoxy) is 3. The summed E-state index contributed by atoms with van der Waals surface area (Å²) in [5.41, 5.74) is 0. The molecule has 6 heteroatoms. The highest BCUT2D eigenvalue weighted by molar-refractivity contribution is 5.71. The largest absolute Gasteiger partial charge is 0.462 e. The monoisotopic (exact) mass is 823 g/mol. The van der Waals surface area contributed by atoms with Gasteiger partial charge in [-0.3, -0.25) is 14.4 Å². The number of hydrogen-bond donors (Lipinski definition) is 0. The second kappa shape index (κ2) is 47.5. The van der Waals surface area contributed by atoms with Crippen molar-refractivity contribution in [3.8, 4) is 0 Å². The van der Waals surface area contributed by atoms with E-state index in [2.05, 4.69) is 93.7 Å². The van der Waals surface area contributed by atoms with Crippen LogP contribution in [-0.2, 0) is 28.6 Å². The van der Waals surface area contributed by atoms with Crippen molar-refractivity contribution in [2.75, 3.05) is 13.2 Å². The van der Waals surface area contributed by atoms with Gasteiger partial charge < -0.3 is 14.2 Å². The van der Waals surface area contributed by atoms with Crippen LogP contribution >= 0.6 is 0 Å². The van der Waals surface area contributed by atoms with E-state index in [1.807, 2.05) is 0 Å². The molecule has 0 saturated carbocycles. The molecule has 0 spiro atoms. The highest BCUT2D eigenvalue weighted by Gasteiger charge is 2.19. The van der Waals surface area contributed by atoms with Crippen molar-refractivity contribution in [3.63, 3.8) is 0 Å². The van der Waals surface area contributed by atoms with Crippen LogP contribution in [0.1, 0.15) is 226 Å². The first kappa shape index (κ1) is 55.9. The smallest absolute Gasteiger partial charge is 0.306 e. The second-order valence-corrected chi connectivity index (χ2v) is 16.0. The summed E-state index contributed by atoms with van der Waals surface area (Å²) in [5, 5.41) is 0. The summed E-state index contributed by atoms with van der Waals surface area (Å²) in [4.78, 5) is 37.8. The van der Waals surface area contributed by atoms with Crippen LogP contribution in [0.3, 0.4) is 0 Å². The Morgan fingerprint density at radius 3 is 1.19 bits per heavy atom. The van der Waals surface area contributed by atoms with E-state index in [-0.39, 0.29) is 31.1 Å². The van der Waals surface area contributed by atoms with Crippen molar-refractivity contribution in [2.24, 2.45) is 0 Å². The summed E-state index contributed by atoms with van der Waals surface area (Å²) < 4.78 is 16.7. The maximum Gasteiger partial charge on any atom is 0.306 e. The fourth-order valence-corrected chi connectivity index (χ4v) is 6.50. The van der Waals surface area contributed by atoms with Gasteiger partial charge in [0, 0.05) is 19.3 Å². The lowest BCUT2D eigenvalue weighted by Crippen LogP contribution is -2.30. The zero-order valence-electron chi connectivity index (χ0n) is 38.5. The van der Waals surface area contributed by atoms with Gasteiger partial charge in [0.2, 0.25) is 0 Å². The van der Waals surface area contributed by atoms with Gasteiger partial charge in [-0.1, -0.05) is 177 Å². The van der Waals surface area contributed by atoms with Gasteiger partial charge in [-0.05, 0) is 103 Å². The van der Waals surface area contributed by atoms with Gasteiger partial charge in [-0.25, -0.2) is 0 Å². The Kier molecular flexibility index (Phi) is 45.0. The zero-order valence-corrected chi connectivity index (χ0v) is 38.5. The molecule has 0 fully saturated rings. The molecule has 0 rings (SSSR count). The Hall–Kier alpha value is -3.15. The molecule has 0 aliphatic heterocycles. The molecular formula is C53H90O6. The van der Waals surface area contributed by atoms with Gasteiger partial charge in [0.15, 0.2) is 6.10 Å². The average Bonchev–Trinajstić information content (AvgIpc) is 3.23. The molecule has 1 unspecified atom stereocenters. The first-order valence-corrected chi connectivity index (χ1v) is 24.5. The lowest BCUT2D eigenvalue weighted by Gasteiger charge is -2.18. The van der Waals surface area contributed by atoms with E-state index in [1.54, 1.807) is 0 Å². The van der Waals surface area contributed by atoms with Crippen molar-refractivity contribution in [1.29, 1.82) is 0 Å². The fourth-order valence-electron chi connectivity index (χ4n) is 6.50. The van der Waals surface area contributed by atoms with E-state index in [9.17, 15) is 14.4 Å². The third kappa shape index (κ3) is 45.8. The van der Waals surface area contributed by atoms with Crippen LogP contribution in [0.25, 0.3) is 0 Å². The van der Waals surface area contributed by atoms with E-state index in [4.69, 9.17) is 14.2 Å². The van der Waals surface area contributed by atoms with Crippen LogP contribution in [0.5, 0.6) is 0 Å². The quantitative estimate of drug-likeness (QED) is 0.0200. The molecule has 0 heterocycles. The molecule has 0 bridgehead atoms. The minimum absolute atomic E-state index is 0.108. The number of carbonyl (C=O) groups is 3. The minimum atomic E-state index is -0.808. The van der Waals surface area contributed by atoms with Crippen LogP contribution in [0, 0.1) is 0 Å². The Morgan fingerprint density at radius 1 is 0.373 bits per heavy atom. The van der Waals surface area contributed by atoms with Gasteiger partial charge in [0.25, 0.3) is 0 Å². The van der Waals surface area contributed by atoms with Crippen molar-refractivity contribution >= 4 is 17.9 Å². The molecule has 338 valence electrons. The molecule has 0 amide bonds.